The van der Waals surface area contributed by atoms with Crippen LogP contribution in [0, 0.1) is 0 Å². The molecular weight excluding hydrogens is 235 g/mol. The first kappa shape index (κ1) is 11.8. The zero-order valence-corrected chi connectivity index (χ0v) is 9.58. The quantitative estimate of drug-likeness (QED) is 0.861. The van der Waals surface area contributed by atoms with E-state index < -0.39 is 11.7 Å². The van der Waals surface area contributed by atoms with Crippen molar-refractivity contribution in [1.29, 1.82) is 0 Å². The first-order chi connectivity index (χ1) is 7.52. The lowest BCUT2D eigenvalue weighted by atomic mass is 9.99. The average molecular weight is 247 g/mol. The van der Waals surface area contributed by atoms with Gasteiger partial charge in [-0.05, 0) is 30.8 Å². The van der Waals surface area contributed by atoms with E-state index in [1.54, 1.807) is 17.8 Å². The van der Waals surface area contributed by atoms with Gasteiger partial charge in [-0.25, -0.2) is 0 Å². The van der Waals surface area contributed by atoms with E-state index in [0.717, 1.165) is 28.8 Å². The summed E-state index contributed by atoms with van der Waals surface area (Å²) in [6.07, 6.45) is -4.24. The molecule has 1 nitrogen and oxygen atoms in total. The summed E-state index contributed by atoms with van der Waals surface area (Å²) in [4.78, 5) is 0.980. The molecule has 1 atom stereocenters. The third kappa shape index (κ3) is 2.20. The molecule has 0 aromatic heterocycles. The Morgan fingerprint density at radius 2 is 2.19 bits per heavy atom. The molecule has 1 aromatic rings. The van der Waals surface area contributed by atoms with Crippen molar-refractivity contribution in [2.24, 2.45) is 0 Å². The van der Waals surface area contributed by atoms with Crippen LogP contribution in [0.5, 0.6) is 0 Å². The van der Waals surface area contributed by atoms with E-state index >= 15 is 0 Å². The van der Waals surface area contributed by atoms with E-state index in [1.807, 2.05) is 7.05 Å². The Hall–Kier alpha value is -0.680. The minimum absolute atomic E-state index is 0.187. The number of hydrogen-bond donors (Lipinski definition) is 1. The molecule has 2 rings (SSSR count). The summed E-state index contributed by atoms with van der Waals surface area (Å²) < 4.78 is 37.6. The van der Waals surface area contributed by atoms with E-state index in [-0.39, 0.29) is 5.92 Å². The summed E-state index contributed by atoms with van der Waals surface area (Å²) in [6.45, 7) is 0.724. The average Bonchev–Trinajstić information content (AvgIpc) is 2.60. The van der Waals surface area contributed by atoms with Crippen molar-refractivity contribution in [3.05, 3.63) is 29.3 Å². The van der Waals surface area contributed by atoms with Gasteiger partial charge in [0.05, 0.1) is 5.56 Å². The van der Waals surface area contributed by atoms with Crippen molar-refractivity contribution < 1.29 is 13.2 Å². The molecule has 0 amide bonds. The van der Waals surface area contributed by atoms with Gasteiger partial charge in [0.15, 0.2) is 0 Å². The highest BCUT2D eigenvalue weighted by molar-refractivity contribution is 7.99. The van der Waals surface area contributed by atoms with Gasteiger partial charge < -0.3 is 5.32 Å². The van der Waals surface area contributed by atoms with Crippen molar-refractivity contribution >= 4 is 11.8 Å². The summed E-state index contributed by atoms with van der Waals surface area (Å²) in [6, 6.07) is 4.03. The smallest absolute Gasteiger partial charge is 0.319 e. The van der Waals surface area contributed by atoms with Gasteiger partial charge in [-0.2, -0.15) is 13.2 Å². The molecule has 0 spiro atoms. The number of fused-ring (bicyclic) bond motifs is 1. The van der Waals surface area contributed by atoms with E-state index in [4.69, 9.17) is 0 Å². The molecule has 1 aliphatic heterocycles. The van der Waals surface area contributed by atoms with Crippen LogP contribution >= 0.6 is 11.8 Å². The summed E-state index contributed by atoms with van der Waals surface area (Å²) >= 11 is 1.63. The van der Waals surface area contributed by atoms with Crippen LogP contribution in [0.3, 0.4) is 0 Å². The molecule has 1 heterocycles. The van der Waals surface area contributed by atoms with Crippen LogP contribution in [0.4, 0.5) is 13.2 Å². The molecule has 1 aromatic carbocycles. The molecule has 1 N–H and O–H groups in total. The fourth-order valence-corrected chi connectivity index (χ4v) is 3.11. The van der Waals surface area contributed by atoms with Crippen LogP contribution < -0.4 is 5.32 Å². The van der Waals surface area contributed by atoms with E-state index in [2.05, 4.69) is 5.32 Å². The standard InChI is InChI=1S/C11H12F3NS/c1-15-5-7-6-16-10-3-2-8(4-9(7)10)11(12,13)14/h2-4,7,15H,5-6H2,1H3. The van der Waals surface area contributed by atoms with Crippen molar-refractivity contribution in [1.82, 2.24) is 5.32 Å². The highest BCUT2D eigenvalue weighted by Gasteiger charge is 2.33. The second-order valence-corrected chi connectivity index (χ2v) is 4.88. The number of hydrogen-bond acceptors (Lipinski definition) is 2. The molecule has 16 heavy (non-hydrogen) atoms. The predicted octanol–water partition coefficient (Wildman–Crippen LogP) is 3.11. The van der Waals surface area contributed by atoms with E-state index in [1.165, 1.54) is 6.07 Å². The minimum atomic E-state index is -4.24. The lowest BCUT2D eigenvalue weighted by Crippen LogP contribution is -2.17. The largest absolute Gasteiger partial charge is 0.416 e. The number of rotatable bonds is 2. The van der Waals surface area contributed by atoms with Crippen molar-refractivity contribution in [2.75, 3.05) is 19.3 Å². The topological polar surface area (TPSA) is 12.0 Å². The molecule has 0 saturated carbocycles. The van der Waals surface area contributed by atoms with Crippen molar-refractivity contribution in [3.8, 4) is 0 Å². The number of halogens is 3. The van der Waals surface area contributed by atoms with Crippen molar-refractivity contribution in [3.63, 3.8) is 0 Å². The maximum atomic E-state index is 12.5. The van der Waals surface area contributed by atoms with Crippen molar-refractivity contribution in [2.45, 2.75) is 17.0 Å². The summed E-state index contributed by atoms with van der Waals surface area (Å²) in [7, 11) is 1.82. The number of benzene rings is 1. The molecule has 0 aliphatic carbocycles. The Labute approximate surface area is 96.4 Å². The summed E-state index contributed by atoms with van der Waals surface area (Å²) in [5.41, 5.74) is 0.282. The van der Waals surface area contributed by atoms with Crippen LogP contribution in [0.25, 0.3) is 0 Å². The van der Waals surface area contributed by atoms with Gasteiger partial charge >= 0.3 is 6.18 Å². The molecule has 88 valence electrons. The molecule has 0 saturated heterocycles. The molecular formula is C11H12F3NS. The van der Waals surface area contributed by atoms with Crippen LogP contribution in [0.1, 0.15) is 17.0 Å². The van der Waals surface area contributed by atoms with Gasteiger partial charge in [-0.1, -0.05) is 0 Å². The Morgan fingerprint density at radius 1 is 1.44 bits per heavy atom. The Kier molecular flexibility index (Phi) is 3.17. The summed E-state index contributed by atoms with van der Waals surface area (Å²) in [5, 5.41) is 3.01. The van der Waals surface area contributed by atoms with E-state index in [0.29, 0.717) is 0 Å². The molecule has 0 bridgehead atoms. The third-order valence-electron chi connectivity index (χ3n) is 2.67. The highest BCUT2D eigenvalue weighted by Crippen LogP contribution is 2.42. The molecule has 5 heteroatoms. The number of likely N-dealkylation sites (N-methyl/N-ethyl adjacent to an activating group) is 1. The van der Waals surface area contributed by atoms with Crippen LogP contribution in [0.15, 0.2) is 23.1 Å². The van der Waals surface area contributed by atoms with Crippen LogP contribution in [-0.4, -0.2) is 19.3 Å². The number of thioether (sulfide) groups is 1. The Balaban J connectivity index is 2.34. The zero-order chi connectivity index (χ0) is 11.8. The first-order valence-corrected chi connectivity index (χ1v) is 5.99. The lowest BCUT2D eigenvalue weighted by Gasteiger charge is -2.12. The normalized spacial score (nSPS) is 19.9. The lowest BCUT2D eigenvalue weighted by molar-refractivity contribution is -0.137. The number of alkyl halides is 3. The molecule has 0 radical (unpaired) electrons. The first-order valence-electron chi connectivity index (χ1n) is 5.01. The Morgan fingerprint density at radius 3 is 2.81 bits per heavy atom. The summed E-state index contributed by atoms with van der Waals surface area (Å²) in [5.74, 6) is 1.05. The Bertz CT molecular complexity index is 387. The second kappa shape index (κ2) is 4.30. The maximum absolute atomic E-state index is 12.5. The molecule has 0 fully saturated rings. The van der Waals surface area contributed by atoms with Gasteiger partial charge in [0, 0.05) is 23.1 Å². The van der Waals surface area contributed by atoms with Gasteiger partial charge in [-0.3, -0.25) is 0 Å². The van der Waals surface area contributed by atoms with Gasteiger partial charge in [0.1, 0.15) is 0 Å². The minimum Gasteiger partial charge on any atom is -0.319 e. The molecule has 1 aliphatic rings. The molecule has 1 unspecified atom stereocenters. The van der Waals surface area contributed by atoms with Gasteiger partial charge in [0.25, 0.3) is 0 Å². The monoisotopic (exact) mass is 247 g/mol. The predicted molar refractivity (Wildman–Crippen MR) is 58.8 cm³/mol. The van der Waals surface area contributed by atoms with Crippen LogP contribution in [0.2, 0.25) is 0 Å². The number of nitrogens with one attached hydrogen (secondary N) is 1. The maximum Gasteiger partial charge on any atom is 0.416 e. The van der Waals surface area contributed by atoms with Crippen LogP contribution in [-0.2, 0) is 6.18 Å². The van der Waals surface area contributed by atoms with Gasteiger partial charge in [-0.15, -0.1) is 11.8 Å². The fourth-order valence-electron chi connectivity index (χ4n) is 1.87. The third-order valence-corrected chi connectivity index (χ3v) is 3.92. The van der Waals surface area contributed by atoms with Gasteiger partial charge in [0.2, 0.25) is 0 Å². The second-order valence-electron chi connectivity index (χ2n) is 3.82. The fraction of sp³-hybridized carbons (Fsp3) is 0.455. The van der Waals surface area contributed by atoms with E-state index in [9.17, 15) is 13.2 Å². The zero-order valence-electron chi connectivity index (χ0n) is 8.77. The SMILES string of the molecule is CNCC1CSc2ccc(C(F)(F)F)cc21. The highest BCUT2D eigenvalue weighted by atomic mass is 32.2.